The first-order valence-electron chi connectivity index (χ1n) is 7.81. The Morgan fingerprint density at radius 1 is 0.737 bits per heavy atom. The summed E-state index contributed by atoms with van der Waals surface area (Å²) in [4.78, 5) is 2.91. The molecule has 0 amide bonds. The van der Waals surface area contributed by atoms with Crippen molar-refractivity contribution in [2.24, 2.45) is 0 Å². The molecule has 19 heavy (non-hydrogen) atoms. The first-order valence-corrected chi connectivity index (χ1v) is 7.81. The van der Waals surface area contributed by atoms with E-state index in [2.05, 4.69) is 29.2 Å². The van der Waals surface area contributed by atoms with Crippen molar-refractivity contribution in [3.05, 3.63) is 35.4 Å². The number of hydrogen-bond donors (Lipinski definition) is 0. The molecular formula is C17H24ClN. The summed E-state index contributed by atoms with van der Waals surface area (Å²) in [6, 6.07) is 11.6. The molecule has 2 aliphatic heterocycles. The molecule has 3 aliphatic rings. The summed E-state index contributed by atoms with van der Waals surface area (Å²) in [7, 11) is 0. The Balaban J connectivity index is 0.00000110. The summed E-state index contributed by atoms with van der Waals surface area (Å²) in [5.41, 5.74) is 3.32. The van der Waals surface area contributed by atoms with Gasteiger partial charge in [0, 0.05) is 18.1 Å². The Bertz CT molecular complexity index is 408. The van der Waals surface area contributed by atoms with Crippen LogP contribution in [0.2, 0.25) is 0 Å². The van der Waals surface area contributed by atoms with Crippen molar-refractivity contribution in [2.75, 3.05) is 0 Å². The van der Waals surface area contributed by atoms with Gasteiger partial charge >= 0.3 is 0 Å². The van der Waals surface area contributed by atoms with E-state index in [0.717, 1.165) is 18.1 Å². The smallest absolute Gasteiger partial charge is 0.0360 e. The molecule has 104 valence electrons. The lowest BCUT2D eigenvalue weighted by atomic mass is 9.89. The Morgan fingerprint density at radius 3 is 1.89 bits per heavy atom. The maximum absolute atomic E-state index is 2.91. The van der Waals surface area contributed by atoms with Gasteiger partial charge in [0.2, 0.25) is 0 Å². The average Bonchev–Trinajstić information content (AvgIpc) is 2.65. The molecule has 2 bridgehead atoms. The van der Waals surface area contributed by atoms with Crippen molar-refractivity contribution in [3.8, 4) is 0 Å². The molecule has 0 spiro atoms. The van der Waals surface area contributed by atoms with Gasteiger partial charge in [-0.3, -0.25) is 4.90 Å². The third-order valence-corrected chi connectivity index (χ3v) is 5.39. The highest BCUT2D eigenvalue weighted by Crippen LogP contribution is 2.52. The van der Waals surface area contributed by atoms with Gasteiger partial charge in [-0.15, -0.1) is 12.4 Å². The number of nitrogens with zero attached hydrogens (tertiary/aromatic N) is 1. The Morgan fingerprint density at radius 2 is 1.32 bits per heavy atom. The number of benzene rings is 1. The zero-order valence-electron chi connectivity index (χ0n) is 11.6. The lowest BCUT2D eigenvalue weighted by Gasteiger charge is -2.42. The van der Waals surface area contributed by atoms with Crippen LogP contribution >= 0.6 is 12.4 Å². The fraction of sp³-hybridized carbons (Fsp3) is 0.647. The van der Waals surface area contributed by atoms with Gasteiger partial charge in [-0.1, -0.05) is 43.5 Å². The van der Waals surface area contributed by atoms with Crippen molar-refractivity contribution in [2.45, 2.75) is 69.5 Å². The fourth-order valence-electron chi connectivity index (χ4n) is 4.66. The van der Waals surface area contributed by atoms with Crippen molar-refractivity contribution in [1.29, 1.82) is 0 Å². The van der Waals surface area contributed by atoms with Crippen LogP contribution in [0.4, 0.5) is 0 Å². The van der Waals surface area contributed by atoms with Gasteiger partial charge in [-0.05, 0) is 43.2 Å². The van der Waals surface area contributed by atoms with Crippen molar-refractivity contribution >= 4 is 12.4 Å². The monoisotopic (exact) mass is 277 g/mol. The lowest BCUT2D eigenvalue weighted by molar-refractivity contribution is 0.0401. The van der Waals surface area contributed by atoms with E-state index in [-0.39, 0.29) is 12.4 Å². The molecule has 2 heterocycles. The van der Waals surface area contributed by atoms with E-state index in [1.807, 2.05) is 0 Å². The van der Waals surface area contributed by atoms with Crippen molar-refractivity contribution in [1.82, 2.24) is 4.90 Å². The van der Waals surface area contributed by atoms with Crippen molar-refractivity contribution < 1.29 is 0 Å². The molecule has 1 saturated carbocycles. The molecule has 2 heteroatoms. The van der Waals surface area contributed by atoms with Crippen LogP contribution in [-0.4, -0.2) is 10.9 Å². The van der Waals surface area contributed by atoms with Gasteiger partial charge < -0.3 is 0 Å². The number of fused-ring (bicyclic) bond motifs is 5. The second-order valence-electron chi connectivity index (χ2n) is 6.33. The zero-order chi connectivity index (χ0) is 11.9. The van der Waals surface area contributed by atoms with Crippen LogP contribution < -0.4 is 0 Å². The molecule has 0 aromatic heterocycles. The van der Waals surface area contributed by atoms with Crippen LogP contribution in [0.1, 0.15) is 74.6 Å². The molecular weight excluding hydrogens is 254 g/mol. The summed E-state index contributed by atoms with van der Waals surface area (Å²) >= 11 is 0. The molecule has 1 aromatic carbocycles. The van der Waals surface area contributed by atoms with E-state index in [1.165, 1.54) is 51.4 Å². The third-order valence-electron chi connectivity index (χ3n) is 5.39. The van der Waals surface area contributed by atoms with Gasteiger partial charge in [0.15, 0.2) is 0 Å². The maximum atomic E-state index is 2.91. The summed E-state index contributed by atoms with van der Waals surface area (Å²) in [5, 5.41) is 0. The summed E-state index contributed by atoms with van der Waals surface area (Å²) in [6.45, 7) is 0. The first kappa shape index (κ1) is 13.5. The molecule has 2 unspecified atom stereocenters. The normalized spacial score (nSPS) is 30.7. The minimum Gasteiger partial charge on any atom is -0.286 e. The standard InChI is InChI=1S/C17H23N.ClH/c1-2-7-13(8-3-1)18-16-11-6-12-17(18)15-10-5-4-9-14(15)16;/h4-5,9-10,13,16-17H,1-3,6-8,11-12H2;1H. The van der Waals surface area contributed by atoms with Crippen LogP contribution in [0.5, 0.6) is 0 Å². The van der Waals surface area contributed by atoms with Crippen LogP contribution in [0.3, 0.4) is 0 Å². The molecule has 1 aromatic rings. The van der Waals surface area contributed by atoms with Gasteiger partial charge in [-0.2, -0.15) is 0 Å². The minimum absolute atomic E-state index is 0. The van der Waals surface area contributed by atoms with E-state index >= 15 is 0 Å². The fourth-order valence-corrected chi connectivity index (χ4v) is 4.66. The third kappa shape index (κ3) is 2.11. The number of halogens is 1. The van der Waals surface area contributed by atoms with Crippen LogP contribution in [0, 0.1) is 0 Å². The number of hydrogen-bond acceptors (Lipinski definition) is 1. The molecule has 1 saturated heterocycles. The highest BCUT2D eigenvalue weighted by Gasteiger charge is 2.43. The summed E-state index contributed by atoms with van der Waals surface area (Å²) < 4.78 is 0. The van der Waals surface area contributed by atoms with Crippen LogP contribution in [-0.2, 0) is 0 Å². The van der Waals surface area contributed by atoms with E-state index in [4.69, 9.17) is 0 Å². The first-order chi connectivity index (χ1) is 8.95. The molecule has 0 radical (unpaired) electrons. The van der Waals surface area contributed by atoms with E-state index in [1.54, 1.807) is 11.1 Å². The minimum atomic E-state index is 0. The summed E-state index contributed by atoms with van der Waals surface area (Å²) in [6.07, 6.45) is 11.5. The van der Waals surface area contributed by atoms with Crippen molar-refractivity contribution in [3.63, 3.8) is 0 Å². The highest BCUT2D eigenvalue weighted by atomic mass is 35.5. The highest BCUT2D eigenvalue weighted by molar-refractivity contribution is 5.85. The Kier molecular flexibility index (Phi) is 3.86. The van der Waals surface area contributed by atoms with Gasteiger partial charge in [0.1, 0.15) is 0 Å². The number of piperidine rings is 1. The Hall–Kier alpha value is -0.530. The predicted molar refractivity (Wildman–Crippen MR) is 81.7 cm³/mol. The van der Waals surface area contributed by atoms with Gasteiger partial charge in [0.05, 0.1) is 0 Å². The maximum Gasteiger partial charge on any atom is 0.0360 e. The van der Waals surface area contributed by atoms with Gasteiger partial charge in [-0.25, -0.2) is 0 Å². The molecule has 1 aliphatic carbocycles. The van der Waals surface area contributed by atoms with E-state index in [0.29, 0.717) is 0 Å². The molecule has 2 atom stereocenters. The zero-order valence-corrected chi connectivity index (χ0v) is 12.4. The molecule has 2 fully saturated rings. The average molecular weight is 278 g/mol. The second-order valence-corrected chi connectivity index (χ2v) is 6.33. The van der Waals surface area contributed by atoms with Crippen LogP contribution in [0.25, 0.3) is 0 Å². The second kappa shape index (κ2) is 5.46. The molecule has 0 N–H and O–H groups in total. The Labute approximate surface area is 122 Å². The van der Waals surface area contributed by atoms with Gasteiger partial charge in [0.25, 0.3) is 0 Å². The lowest BCUT2D eigenvalue weighted by Crippen LogP contribution is -2.40. The van der Waals surface area contributed by atoms with Crippen LogP contribution in [0.15, 0.2) is 24.3 Å². The largest absolute Gasteiger partial charge is 0.286 e. The SMILES string of the molecule is Cl.c1ccc2c(c1)C1CCCC2N1C1CCCCC1. The quantitative estimate of drug-likeness (QED) is 0.696. The molecule has 4 rings (SSSR count). The molecule has 1 nitrogen and oxygen atoms in total. The van der Waals surface area contributed by atoms with E-state index < -0.39 is 0 Å². The number of rotatable bonds is 1. The predicted octanol–water partition coefficient (Wildman–Crippen LogP) is 5.02. The topological polar surface area (TPSA) is 3.24 Å². The summed E-state index contributed by atoms with van der Waals surface area (Å²) in [5.74, 6) is 0. The van der Waals surface area contributed by atoms with E-state index in [9.17, 15) is 0 Å².